The number of hydrogen-bond donors (Lipinski definition) is 0. The van der Waals surface area contributed by atoms with Crippen molar-refractivity contribution in [3.05, 3.63) is 0 Å². The first-order valence-electron chi connectivity index (χ1n) is 8.01. The molecule has 0 aromatic rings. The molecule has 2 saturated heterocycles. The molecule has 0 spiro atoms. The molecule has 0 unspecified atom stereocenters. The lowest BCUT2D eigenvalue weighted by Gasteiger charge is -2.39. The van der Waals surface area contributed by atoms with Gasteiger partial charge in [-0.05, 0) is 6.92 Å². The number of fused-ring (bicyclic) bond motifs is 2. The number of ether oxygens (including phenoxy) is 4. The van der Waals surface area contributed by atoms with Gasteiger partial charge in [-0.25, -0.2) is 0 Å². The summed E-state index contributed by atoms with van der Waals surface area (Å²) in [4.78, 5) is 33.7. The Kier molecular flexibility index (Phi) is 5.98. The van der Waals surface area contributed by atoms with Crippen LogP contribution in [0.4, 0.5) is 0 Å². The summed E-state index contributed by atoms with van der Waals surface area (Å²) in [5.41, 5.74) is 0. The summed E-state index contributed by atoms with van der Waals surface area (Å²) in [5, 5.41) is 0. The Morgan fingerprint density at radius 1 is 1.17 bits per heavy atom. The summed E-state index contributed by atoms with van der Waals surface area (Å²) in [5.74, 6) is -0.966. The molecule has 0 aliphatic carbocycles. The third-order valence-electron chi connectivity index (χ3n) is 3.95. The molecule has 130 valence electrons. The molecule has 5 atom stereocenters. The van der Waals surface area contributed by atoms with E-state index in [0.717, 1.165) is 6.42 Å². The zero-order valence-electron chi connectivity index (χ0n) is 13.8. The molecular formula is C16H24O7. The molecule has 0 aromatic carbocycles. The Hall–Kier alpha value is -1.63. The molecule has 2 aliphatic heterocycles. The molecule has 2 fully saturated rings. The average Bonchev–Trinajstić information content (AvgIpc) is 2.34. The quantitative estimate of drug-likeness (QED) is 0.539. The van der Waals surface area contributed by atoms with Gasteiger partial charge in [0.15, 0.2) is 0 Å². The van der Waals surface area contributed by atoms with Gasteiger partial charge in [0, 0.05) is 39.5 Å². The maximum absolute atomic E-state index is 11.4. The molecule has 2 heterocycles. The van der Waals surface area contributed by atoms with Crippen LogP contribution in [0.15, 0.2) is 0 Å². The summed E-state index contributed by atoms with van der Waals surface area (Å²) in [7, 11) is 0. The van der Waals surface area contributed by atoms with Crippen LogP contribution >= 0.6 is 0 Å². The summed E-state index contributed by atoms with van der Waals surface area (Å²) in [6.45, 7) is 4.45. The second-order valence-corrected chi connectivity index (χ2v) is 6.29. The van der Waals surface area contributed by atoms with Crippen LogP contribution in [0.3, 0.4) is 0 Å². The summed E-state index contributed by atoms with van der Waals surface area (Å²) >= 11 is 0. The number of carbonyl (C=O) groups excluding carboxylic acids is 3. The predicted molar refractivity (Wildman–Crippen MR) is 78.4 cm³/mol. The molecule has 2 rings (SSSR count). The summed E-state index contributed by atoms with van der Waals surface area (Å²) in [6, 6.07) is 0. The number of esters is 3. The van der Waals surface area contributed by atoms with Crippen molar-refractivity contribution in [2.45, 2.75) is 83.4 Å². The van der Waals surface area contributed by atoms with Crippen molar-refractivity contribution in [1.29, 1.82) is 0 Å². The lowest BCUT2D eigenvalue weighted by Crippen LogP contribution is -2.45. The van der Waals surface area contributed by atoms with Gasteiger partial charge in [-0.2, -0.15) is 0 Å². The smallest absolute Gasteiger partial charge is 0.308 e. The molecule has 0 amide bonds. The molecule has 0 radical (unpaired) electrons. The fourth-order valence-electron chi connectivity index (χ4n) is 3.29. The molecule has 0 saturated carbocycles. The fourth-order valence-corrected chi connectivity index (χ4v) is 3.29. The van der Waals surface area contributed by atoms with E-state index in [-0.39, 0.29) is 48.7 Å². The van der Waals surface area contributed by atoms with Crippen molar-refractivity contribution in [2.24, 2.45) is 0 Å². The first-order valence-corrected chi connectivity index (χ1v) is 8.01. The second-order valence-electron chi connectivity index (χ2n) is 6.29. The van der Waals surface area contributed by atoms with Gasteiger partial charge < -0.3 is 18.9 Å². The highest BCUT2D eigenvalue weighted by Gasteiger charge is 2.38. The van der Waals surface area contributed by atoms with E-state index in [0.29, 0.717) is 19.3 Å². The molecule has 23 heavy (non-hydrogen) atoms. The topological polar surface area (TPSA) is 88.1 Å². The highest BCUT2D eigenvalue weighted by Crippen LogP contribution is 2.31. The van der Waals surface area contributed by atoms with Crippen LogP contribution in [0.5, 0.6) is 0 Å². The van der Waals surface area contributed by atoms with E-state index >= 15 is 0 Å². The highest BCUT2D eigenvalue weighted by molar-refractivity contribution is 5.71. The number of carbonyl (C=O) groups is 3. The Bertz CT molecular complexity index is 445. The van der Waals surface area contributed by atoms with Crippen LogP contribution in [0, 0.1) is 0 Å². The lowest BCUT2D eigenvalue weighted by atomic mass is 9.93. The van der Waals surface area contributed by atoms with E-state index in [2.05, 4.69) is 0 Å². The Balaban J connectivity index is 1.90. The van der Waals surface area contributed by atoms with Crippen LogP contribution in [0.1, 0.15) is 52.9 Å². The van der Waals surface area contributed by atoms with Gasteiger partial charge in [0.2, 0.25) is 0 Å². The third kappa shape index (κ3) is 5.82. The predicted octanol–water partition coefficient (Wildman–Crippen LogP) is 1.51. The van der Waals surface area contributed by atoms with Gasteiger partial charge in [0.05, 0.1) is 18.6 Å². The molecule has 7 heteroatoms. The van der Waals surface area contributed by atoms with Crippen molar-refractivity contribution in [2.75, 3.05) is 0 Å². The van der Waals surface area contributed by atoms with Gasteiger partial charge in [0.25, 0.3) is 0 Å². The molecule has 7 nitrogen and oxygen atoms in total. The largest absolute Gasteiger partial charge is 0.463 e. The van der Waals surface area contributed by atoms with Crippen LogP contribution in [0.25, 0.3) is 0 Å². The minimum absolute atomic E-state index is 0.121. The van der Waals surface area contributed by atoms with Gasteiger partial charge in [-0.3, -0.25) is 14.4 Å². The normalized spacial score (nSPS) is 29.2. The van der Waals surface area contributed by atoms with E-state index < -0.39 is 6.10 Å². The first kappa shape index (κ1) is 17.7. The SMILES string of the molecule is CC(=O)O[C@H](C[C@H]1C[C@@H]2C[C@@H](CC(=O)O2)O1)C[C@H](C)OC(C)=O. The third-order valence-corrected chi connectivity index (χ3v) is 3.95. The first-order chi connectivity index (χ1) is 10.8. The van der Waals surface area contributed by atoms with Crippen LogP contribution in [-0.2, 0) is 33.3 Å². The molecule has 0 N–H and O–H groups in total. The zero-order valence-corrected chi connectivity index (χ0v) is 13.8. The molecule has 0 aromatic heterocycles. The van der Waals surface area contributed by atoms with Crippen LogP contribution < -0.4 is 0 Å². The Labute approximate surface area is 135 Å². The Morgan fingerprint density at radius 3 is 2.48 bits per heavy atom. The zero-order chi connectivity index (χ0) is 17.0. The number of rotatable bonds is 6. The van der Waals surface area contributed by atoms with Crippen molar-refractivity contribution in [3.63, 3.8) is 0 Å². The standard InChI is InChI=1S/C16H24O7/c1-9(20-10(2)17)4-12(21-11(3)18)5-13-6-14-7-15(22-13)8-16(19)23-14/h9,12-15H,4-8H2,1-3H3/t9-,12-,13-,14+,15-/m0/s1. The second kappa shape index (κ2) is 7.77. The van der Waals surface area contributed by atoms with Crippen LogP contribution in [0.2, 0.25) is 0 Å². The van der Waals surface area contributed by atoms with Crippen molar-refractivity contribution < 1.29 is 33.3 Å². The van der Waals surface area contributed by atoms with E-state index in [9.17, 15) is 14.4 Å². The monoisotopic (exact) mass is 328 g/mol. The van der Waals surface area contributed by atoms with Gasteiger partial charge >= 0.3 is 17.9 Å². The fraction of sp³-hybridized carbons (Fsp3) is 0.812. The average molecular weight is 328 g/mol. The molecular weight excluding hydrogens is 304 g/mol. The van der Waals surface area contributed by atoms with Crippen molar-refractivity contribution in [3.8, 4) is 0 Å². The maximum atomic E-state index is 11.4. The van der Waals surface area contributed by atoms with E-state index in [4.69, 9.17) is 18.9 Å². The van der Waals surface area contributed by atoms with Crippen molar-refractivity contribution in [1.82, 2.24) is 0 Å². The van der Waals surface area contributed by atoms with Crippen LogP contribution in [-0.4, -0.2) is 48.4 Å². The maximum Gasteiger partial charge on any atom is 0.308 e. The highest BCUT2D eigenvalue weighted by atomic mass is 16.6. The summed E-state index contributed by atoms with van der Waals surface area (Å²) in [6.07, 6.45) is 1.37. The van der Waals surface area contributed by atoms with Gasteiger partial charge in [-0.15, -0.1) is 0 Å². The Morgan fingerprint density at radius 2 is 1.87 bits per heavy atom. The van der Waals surface area contributed by atoms with Crippen molar-refractivity contribution >= 4 is 17.9 Å². The summed E-state index contributed by atoms with van der Waals surface area (Å²) < 4.78 is 21.6. The minimum atomic E-state index is -0.402. The van der Waals surface area contributed by atoms with Gasteiger partial charge in [0.1, 0.15) is 18.3 Å². The van der Waals surface area contributed by atoms with E-state index in [1.807, 2.05) is 0 Å². The lowest BCUT2D eigenvalue weighted by molar-refractivity contribution is -0.187. The number of hydrogen-bond acceptors (Lipinski definition) is 7. The molecule has 2 aliphatic rings. The van der Waals surface area contributed by atoms with E-state index in [1.54, 1.807) is 6.92 Å². The molecule has 2 bridgehead atoms. The minimum Gasteiger partial charge on any atom is -0.463 e. The van der Waals surface area contributed by atoms with E-state index in [1.165, 1.54) is 13.8 Å². The van der Waals surface area contributed by atoms with Gasteiger partial charge in [-0.1, -0.05) is 0 Å².